The van der Waals surface area contributed by atoms with Crippen molar-refractivity contribution in [3.8, 4) is 5.75 Å². The largest absolute Gasteiger partial charge is 0.508 e. The monoisotopic (exact) mass is 402 g/mol. The second-order valence-corrected chi connectivity index (χ2v) is 6.83. The molecule has 7 N–H and O–H groups in total. The van der Waals surface area contributed by atoms with E-state index in [9.17, 15) is 20.4 Å². The van der Waals surface area contributed by atoms with Crippen LogP contribution in [0, 0.1) is 0 Å². The van der Waals surface area contributed by atoms with Gasteiger partial charge in [0.1, 0.15) is 29.6 Å². The topological polar surface area (TPSA) is 172 Å². The Labute approximate surface area is 165 Å². The Morgan fingerprint density at radius 1 is 1.14 bits per heavy atom. The molecule has 1 saturated heterocycles. The maximum Gasteiger partial charge on any atom is 0.226 e. The lowest BCUT2D eigenvalue weighted by Crippen LogP contribution is -2.33. The van der Waals surface area contributed by atoms with Gasteiger partial charge >= 0.3 is 0 Å². The Morgan fingerprint density at radius 2 is 1.90 bits per heavy atom. The van der Waals surface area contributed by atoms with Crippen LogP contribution in [0.25, 0.3) is 11.2 Å². The molecule has 1 unspecified atom stereocenters. The van der Waals surface area contributed by atoms with Crippen molar-refractivity contribution >= 4 is 22.9 Å². The minimum absolute atomic E-state index is 0.160. The lowest BCUT2D eigenvalue weighted by molar-refractivity contribution is -0.0511. The number of anilines is 2. The molecule has 29 heavy (non-hydrogen) atoms. The van der Waals surface area contributed by atoms with E-state index < -0.39 is 31.1 Å². The first-order valence-corrected chi connectivity index (χ1v) is 9.12. The van der Waals surface area contributed by atoms with Crippen LogP contribution in [-0.2, 0) is 11.2 Å². The average molecular weight is 402 g/mol. The SMILES string of the molecule is Nc1nc(NCCc2ccc(O)cc2)nc2c1ncn2C1O[C@H](CO)[C@@H](O)[C@H]1O. The summed E-state index contributed by atoms with van der Waals surface area (Å²) in [5, 5.41) is 42.0. The van der Waals surface area contributed by atoms with Crippen molar-refractivity contribution in [2.24, 2.45) is 0 Å². The molecule has 1 aliphatic heterocycles. The molecule has 4 atom stereocenters. The summed E-state index contributed by atoms with van der Waals surface area (Å²) in [6, 6.07) is 6.89. The van der Waals surface area contributed by atoms with Gasteiger partial charge in [-0.15, -0.1) is 0 Å². The van der Waals surface area contributed by atoms with Gasteiger partial charge in [-0.2, -0.15) is 9.97 Å². The van der Waals surface area contributed by atoms with Crippen LogP contribution < -0.4 is 11.1 Å². The molecule has 1 aliphatic rings. The lowest BCUT2D eigenvalue weighted by Gasteiger charge is -2.16. The summed E-state index contributed by atoms with van der Waals surface area (Å²) in [4.78, 5) is 12.8. The van der Waals surface area contributed by atoms with E-state index in [4.69, 9.17) is 10.5 Å². The van der Waals surface area contributed by atoms with Crippen LogP contribution in [0.15, 0.2) is 30.6 Å². The average Bonchev–Trinajstić information content (AvgIpc) is 3.25. The van der Waals surface area contributed by atoms with Gasteiger partial charge < -0.3 is 36.2 Å². The number of nitrogens with one attached hydrogen (secondary N) is 1. The molecule has 11 heteroatoms. The van der Waals surface area contributed by atoms with E-state index in [-0.39, 0.29) is 17.5 Å². The number of aliphatic hydroxyl groups is 3. The molecule has 0 saturated carbocycles. The maximum atomic E-state index is 10.3. The fraction of sp³-hybridized carbons (Fsp3) is 0.389. The first-order valence-electron chi connectivity index (χ1n) is 9.12. The van der Waals surface area contributed by atoms with E-state index in [0.717, 1.165) is 5.56 Å². The number of aliphatic hydroxyl groups excluding tert-OH is 3. The second-order valence-electron chi connectivity index (χ2n) is 6.83. The molecule has 4 rings (SSSR count). The van der Waals surface area contributed by atoms with Crippen LogP contribution in [0.3, 0.4) is 0 Å². The lowest BCUT2D eigenvalue weighted by atomic mass is 10.1. The van der Waals surface area contributed by atoms with Crippen LogP contribution in [0.4, 0.5) is 11.8 Å². The minimum Gasteiger partial charge on any atom is -0.508 e. The van der Waals surface area contributed by atoms with E-state index >= 15 is 0 Å². The summed E-state index contributed by atoms with van der Waals surface area (Å²) in [5.41, 5.74) is 7.70. The molecule has 0 amide bonds. The smallest absolute Gasteiger partial charge is 0.226 e. The van der Waals surface area contributed by atoms with Crippen LogP contribution in [0.5, 0.6) is 5.75 Å². The van der Waals surface area contributed by atoms with Gasteiger partial charge in [0.15, 0.2) is 17.7 Å². The molecule has 0 spiro atoms. The summed E-state index contributed by atoms with van der Waals surface area (Å²) in [6.45, 7) is 0.0975. The van der Waals surface area contributed by atoms with Crippen molar-refractivity contribution in [3.63, 3.8) is 0 Å². The second kappa shape index (κ2) is 7.79. The number of phenols is 1. The van der Waals surface area contributed by atoms with Crippen molar-refractivity contribution in [2.45, 2.75) is 31.0 Å². The molecular formula is C18H22N6O5. The fourth-order valence-electron chi connectivity index (χ4n) is 3.29. The summed E-state index contributed by atoms with van der Waals surface area (Å²) in [6.07, 6.45) is -2.29. The number of phenolic OH excluding ortho intramolecular Hbond substituents is 1. The van der Waals surface area contributed by atoms with Crippen LogP contribution in [0.2, 0.25) is 0 Å². The Bertz CT molecular complexity index is 994. The normalized spacial score (nSPS) is 24.2. The van der Waals surface area contributed by atoms with E-state index in [1.165, 1.54) is 10.9 Å². The van der Waals surface area contributed by atoms with Crippen molar-refractivity contribution in [1.29, 1.82) is 0 Å². The molecule has 3 aromatic rings. The molecule has 11 nitrogen and oxygen atoms in total. The molecule has 1 aromatic carbocycles. The van der Waals surface area contributed by atoms with Gasteiger partial charge in [-0.3, -0.25) is 4.57 Å². The molecule has 2 aromatic heterocycles. The number of nitrogens with zero attached hydrogens (tertiary/aromatic N) is 4. The van der Waals surface area contributed by atoms with Crippen LogP contribution in [0.1, 0.15) is 11.8 Å². The highest BCUT2D eigenvalue weighted by molar-refractivity contribution is 5.83. The highest BCUT2D eigenvalue weighted by Gasteiger charge is 2.44. The number of nitrogen functional groups attached to an aromatic ring is 1. The number of imidazole rings is 1. The first-order chi connectivity index (χ1) is 14.0. The van der Waals surface area contributed by atoms with E-state index in [1.807, 2.05) is 12.1 Å². The number of ether oxygens (including phenoxy) is 1. The van der Waals surface area contributed by atoms with E-state index in [2.05, 4.69) is 20.3 Å². The van der Waals surface area contributed by atoms with Gasteiger partial charge in [-0.1, -0.05) is 12.1 Å². The standard InChI is InChI=1S/C18H22N6O5/c19-15-12-16(24(8-21-12)17-14(28)13(27)11(7-25)29-17)23-18(22-15)20-6-5-9-1-3-10(26)4-2-9/h1-4,8,11,13-14,17,25-28H,5-7H2,(H3,19,20,22,23)/t11-,13-,14-,17?/m1/s1. The number of hydrogen-bond donors (Lipinski definition) is 6. The van der Waals surface area contributed by atoms with Gasteiger partial charge in [0.05, 0.1) is 12.9 Å². The predicted molar refractivity (Wildman–Crippen MR) is 103 cm³/mol. The third-order valence-electron chi connectivity index (χ3n) is 4.87. The van der Waals surface area contributed by atoms with Gasteiger partial charge in [0.25, 0.3) is 0 Å². The maximum absolute atomic E-state index is 10.3. The number of benzene rings is 1. The Kier molecular flexibility index (Phi) is 5.20. The number of rotatable bonds is 6. The Balaban J connectivity index is 1.54. The third kappa shape index (κ3) is 3.68. The molecular weight excluding hydrogens is 380 g/mol. The molecule has 1 fully saturated rings. The van der Waals surface area contributed by atoms with Gasteiger partial charge in [-0.05, 0) is 24.1 Å². The zero-order chi connectivity index (χ0) is 20.5. The van der Waals surface area contributed by atoms with Crippen molar-refractivity contribution in [3.05, 3.63) is 36.2 Å². The van der Waals surface area contributed by atoms with Crippen LogP contribution >= 0.6 is 0 Å². The van der Waals surface area contributed by atoms with Gasteiger partial charge in [0, 0.05) is 6.54 Å². The van der Waals surface area contributed by atoms with Crippen molar-refractivity contribution in [1.82, 2.24) is 19.5 Å². The number of aromatic hydroxyl groups is 1. The van der Waals surface area contributed by atoms with Crippen molar-refractivity contribution in [2.75, 3.05) is 24.2 Å². The Morgan fingerprint density at radius 3 is 2.59 bits per heavy atom. The summed E-state index contributed by atoms with van der Waals surface area (Å²) < 4.78 is 7.01. The first kappa shape index (κ1) is 19.3. The predicted octanol–water partition coefficient (Wildman–Crippen LogP) is -0.620. The number of fused-ring (bicyclic) bond motifs is 1. The molecule has 0 radical (unpaired) electrons. The minimum atomic E-state index is -1.26. The highest BCUT2D eigenvalue weighted by Crippen LogP contribution is 2.32. The van der Waals surface area contributed by atoms with E-state index in [1.54, 1.807) is 12.1 Å². The quantitative estimate of drug-likeness (QED) is 0.312. The van der Waals surface area contributed by atoms with Crippen LogP contribution in [-0.4, -0.2) is 71.4 Å². The number of hydrogen-bond acceptors (Lipinski definition) is 10. The molecule has 3 heterocycles. The molecule has 154 valence electrons. The number of nitrogens with two attached hydrogens (primary N) is 1. The molecule has 0 aliphatic carbocycles. The third-order valence-corrected chi connectivity index (χ3v) is 4.87. The van der Waals surface area contributed by atoms with Crippen molar-refractivity contribution < 1.29 is 25.2 Å². The van der Waals surface area contributed by atoms with Gasteiger partial charge in [-0.25, -0.2) is 4.98 Å². The van der Waals surface area contributed by atoms with Gasteiger partial charge in [0.2, 0.25) is 5.95 Å². The summed E-state index contributed by atoms with van der Waals surface area (Å²) >= 11 is 0. The number of aromatic nitrogens is 4. The molecule has 0 bridgehead atoms. The zero-order valence-corrected chi connectivity index (χ0v) is 15.4. The highest BCUT2D eigenvalue weighted by atomic mass is 16.6. The van der Waals surface area contributed by atoms with E-state index in [0.29, 0.717) is 24.1 Å². The summed E-state index contributed by atoms with van der Waals surface area (Å²) in [7, 11) is 0. The summed E-state index contributed by atoms with van der Waals surface area (Å²) in [5.74, 6) is 0.649. The zero-order valence-electron chi connectivity index (χ0n) is 15.4. The fourth-order valence-corrected chi connectivity index (χ4v) is 3.29. The Hall–Kier alpha value is -2.99.